The van der Waals surface area contributed by atoms with Crippen molar-refractivity contribution in [2.75, 3.05) is 13.1 Å². The Labute approximate surface area is 183 Å². The molecule has 4 heteroatoms. The maximum atomic E-state index is 12.4. The standard InChI is InChI=1S/C27H28N2O2/c30-27(22-7-4-8-22)29-17-15-25(16-18-29)31-24-12-9-20(10-13-24)23-11-14-26(28-19-23)21-5-2-1-3-6-21/h1-3,5-6,9-14,19,22,25H,4,7-8,15-18H2. The average molecular weight is 413 g/mol. The van der Waals surface area contributed by atoms with Gasteiger partial charge in [-0.3, -0.25) is 9.78 Å². The van der Waals surface area contributed by atoms with E-state index in [4.69, 9.17) is 4.74 Å². The summed E-state index contributed by atoms with van der Waals surface area (Å²) in [6, 6.07) is 22.6. The van der Waals surface area contributed by atoms with Gasteiger partial charge in [0.15, 0.2) is 0 Å². The summed E-state index contributed by atoms with van der Waals surface area (Å²) in [5, 5.41) is 0. The number of carbonyl (C=O) groups is 1. The summed E-state index contributed by atoms with van der Waals surface area (Å²) in [6.07, 6.45) is 7.28. The fourth-order valence-corrected chi connectivity index (χ4v) is 4.37. The van der Waals surface area contributed by atoms with E-state index in [1.165, 1.54) is 6.42 Å². The second-order valence-electron chi connectivity index (χ2n) is 8.59. The molecule has 0 atom stereocenters. The van der Waals surface area contributed by atoms with Crippen molar-refractivity contribution in [3.63, 3.8) is 0 Å². The molecule has 0 N–H and O–H groups in total. The van der Waals surface area contributed by atoms with Gasteiger partial charge < -0.3 is 9.64 Å². The molecule has 2 aliphatic rings. The van der Waals surface area contributed by atoms with Crippen LogP contribution >= 0.6 is 0 Å². The van der Waals surface area contributed by atoms with Crippen LogP contribution in [-0.4, -0.2) is 35.0 Å². The predicted octanol–water partition coefficient (Wildman–Crippen LogP) is 5.59. The van der Waals surface area contributed by atoms with E-state index in [-0.39, 0.29) is 6.10 Å². The van der Waals surface area contributed by atoms with Gasteiger partial charge in [-0.25, -0.2) is 0 Å². The maximum Gasteiger partial charge on any atom is 0.225 e. The van der Waals surface area contributed by atoms with Crippen LogP contribution in [0.4, 0.5) is 0 Å². The molecule has 3 aromatic rings. The van der Waals surface area contributed by atoms with Gasteiger partial charge in [-0.1, -0.05) is 55.0 Å². The Balaban J connectivity index is 1.17. The smallest absolute Gasteiger partial charge is 0.225 e. The van der Waals surface area contributed by atoms with Crippen molar-refractivity contribution in [3.05, 3.63) is 72.9 Å². The number of nitrogens with zero attached hydrogens (tertiary/aromatic N) is 2. The lowest BCUT2D eigenvalue weighted by Gasteiger charge is -2.36. The van der Waals surface area contributed by atoms with E-state index < -0.39 is 0 Å². The minimum absolute atomic E-state index is 0.183. The summed E-state index contributed by atoms with van der Waals surface area (Å²) >= 11 is 0. The zero-order valence-corrected chi connectivity index (χ0v) is 17.7. The van der Waals surface area contributed by atoms with E-state index in [2.05, 4.69) is 41.4 Å². The molecule has 1 aliphatic heterocycles. The van der Waals surface area contributed by atoms with Crippen LogP contribution in [0.25, 0.3) is 22.4 Å². The van der Waals surface area contributed by atoms with Crippen molar-refractivity contribution in [3.8, 4) is 28.1 Å². The molecule has 1 aliphatic carbocycles. The number of amides is 1. The highest BCUT2D eigenvalue weighted by Crippen LogP contribution is 2.30. The summed E-state index contributed by atoms with van der Waals surface area (Å²) in [6.45, 7) is 1.63. The van der Waals surface area contributed by atoms with Crippen molar-refractivity contribution >= 4 is 5.91 Å². The highest BCUT2D eigenvalue weighted by atomic mass is 16.5. The zero-order chi connectivity index (χ0) is 21.0. The first kappa shape index (κ1) is 19.8. The molecule has 0 unspecified atom stereocenters. The van der Waals surface area contributed by atoms with Gasteiger partial charge in [-0.2, -0.15) is 0 Å². The Morgan fingerprint density at radius 2 is 1.52 bits per heavy atom. The fraction of sp³-hybridized carbons (Fsp3) is 0.333. The second kappa shape index (κ2) is 8.93. The third-order valence-electron chi connectivity index (χ3n) is 6.53. The minimum Gasteiger partial charge on any atom is -0.490 e. The second-order valence-corrected chi connectivity index (χ2v) is 8.59. The molecule has 1 saturated heterocycles. The number of hydrogen-bond acceptors (Lipinski definition) is 3. The van der Waals surface area contributed by atoms with Crippen molar-refractivity contribution in [1.29, 1.82) is 0 Å². The Kier molecular flexibility index (Phi) is 5.70. The molecule has 1 amide bonds. The first-order valence-corrected chi connectivity index (χ1v) is 11.3. The number of ether oxygens (including phenoxy) is 1. The quantitative estimate of drug-likeness (QED) is 0.549. The molecule has 4 nitrogen and oxygen atoms in total. The third-order valence-corrected chi connectivity index (χ3v) is 6.53. The largest absolute Gasteiger partial charge is 0.490 e. The Hall–Kier alpha value is -3.14. The van der Waals surface area contributed by atoms with Gasteiger partial charge in [0.2, 0.25) is 5.91 Å². The molecule has 0 spiro atoms. The molecule has 1 aromatic heterocycles. The Morgan fingerprint density at radius 1 is 0.806 bits per heavy atom. The lowest BCUT2D eigenvalue weighted by Crippen LogP contribution is -2.45. The molecule has 1 saturated carbocycles. The molecule has 2 heterocycles. The Bertz CT molecular complexity index is 1000. The van der Waals surface area contributed by atoms with Gasteiger partial charge in [-0.15, -0.1) is 0 Å². The van der Waals surface area contributed by atoms with Crippen molar-refractivity contribution in [1.82, 2.24) is 9.88 Å². The number of rotatable bonds is 5. The lowest BCUT2D eigenvalue weighted by molar-refractivity contribution is -0.140. The third kappa shape index (κ3) is 4.48. The number of hydrogen-bond donors (Lipinski definition) is 0. The van der Waals surface area contributed by atoms with Crippen LogP contribution < -0.4 is 4.74 Å². The SMILES string of the molecule is O=C(C1CCC1)N1CCC(Oc2ccc(-c3ccc(-c4ccccc4)nc3)cc2)CC1. The summed E-state index contributed by atoms with van der Waals surface area (Å²) in [5.74, 6) is 1.54. The number of pyridine rings is 1. The first-order chi connectivity index (χ1) is 15.3. The highest BCUT2D eigenvalue weighted by molar-refractivity contribution is 5.79. The minimum atomic E-state index is 0.183. The van der Waals surface area contributed by atoms with E-state index in [1.54, 1.807) is 0 Å². The van der Waals surface area contributed by atoms with Crippen molar-refractivity contribution in [2.24, 2.45) is 5.92 Å². The average Bonchev–Trinajstić information content (AvgIpc) is 2.80. The van der Waals surface area contributed by atoms with Crippen LogP contribution in [0.2, 0.25) is 0 Å². The highest BCUT2D eigenvalue weighted by Gasteiger charge is 2.32. The Morgan fingerprint density at radius 3 is 2.13 bits per heavy atom. The summed E-state index contributed by atoms with van der Waals surface area (Å²) in [4.78, 5) is 19.1. The van der Waals surface area contributed by atoms with Gasteiger partial charge in [0.05, 0.1) is 5.69 Å². The number of carbonyl (C=O) groups excluding carboxylic acids is 1. The lowest BCUT2D eigenvalue weighted by atomic mass is 9.84. The normalized spacial score (nSPS) is 17.2. The van der Waals surface area contributed by atoms with Gasteiger partial charge >= 0.3 is 0 Å². The van der Waals surface area contributed by atoms with Crippen LogP contribution in [0.15, 0.2) is 72.9 Å². The molecule has 0 radical (unpaired) electrons. The summed E-state index contributed by atoms with van der Waals surface area (Å²) in [5.41, 5.74) is 4.32. The maximum absolute atomic E-state index is 12.4. The van der Waals surface area contributed by atoms with E-state index in [0.717, 1.165) is 66.9 Å². The molecular weight excluding hydrogens is 384 g/mol. The molecule has 31 heavy (non-hydrogen) atoms. The molecule has 2 fully saturated rings. The zero-order valence-electron chi connectivity index (χ0n) is 17.7. The first-order valence-electron chi connectivity index (χ1n) is 11.3. The van der Waals surface area contributed by atoms with E-state index in [9.17, 15) is 4.79 Å². The van der Waals surface area contributed by atoms with Crippen molar-refractivity contribution in [2.45, 2.75) is 38.2 Å². The van der Waals surface area contributed by atoms with Crippen LogP contribution in [0.5, 0.6) is 5.75 Å². The number of likely N-dealkylation sites (tertiary alicyclic amines) is 1. The van der Waals surface area contributed by atoms with Crippen molar-refractivity contribution < 1.29 is 9.53 Å². The molecule has 5 rings (SSSR count). The molecule has 0 bridgehead atoms. The molecular formula is C27H28N2O2. The summed E-state index contributed by atoms with van der Waals surface area (Å²) < 4.78 is 6.20. The molecule has 158 valence electrons. The van der Waals surface area contributed by atoms with Gasteiger partial charge in [-0.05, 0) is 36.6 Å². The van der Waals surface area contributed by atoms with Gasteiger partial charge in [0.1, 0.15) is 11.9 Å². The number of benzene rings is 2. The number of aromatic nitrogens is 1. The number of piperidine rings is 1. The van der Waals surface area contributed by atoms with E-state index >= 15 is 0 Å². The predicted molar refractivity (Wildman–Crippen MR) is 123 cm³/mol. The molecule has 2 aromatic carbocycles. The fourth-order valence-electron chi connectivity index (χ4n) is 4.37. The van der Waals surface area contributed by atoms with E-state index in [0.29, 0.717) is 11.8 Å². The van der Waals surface area contributed by atoms with Crippen LogP contribution in [-0.2, 0) is 4.79 Å². The van der Waals surface area contributed by atoms with E-state index in [1.807, 2.05) is 41.4 Å². The van der Waals surface area contributed by atoms with Crippen LogP contribution in [0.1, 0.15) is 32.1 Å². The van der Waals surface area contributed by atoms with Gasteiger partial charge in [0, 0.05) is 49.2 Å². The van der Waals surface area contributed by atoms with Crippen LogP contribution in [0.3, 0.4) is 0 Å². The van der Waals surface area contributed by atoms with Crippen LogP contribution in [0, 0.1) is 5.92 Å². The topological polar surface area (TPSA) is 42.4 Å². The van der Waals surface area contributed by atoms with Gasteiger partial charge in [0.25, 0.3) is 0 Å². The monoisotopic (exact) mass is 412 g/mol. The summed E-state index contributed by atoms with van der Waals surface area (Å²) in [7, 11) is 0.